The summed E-state index contributed by atoms with van der Waals surface area (Å²) in [5, 5.41) is 16.1. The average Bonchev–Trinajstić information content (AvgIpc) is 3.23. The van der Waals surface area contributed by atoms with Crippen molar-refractivity contribution < 1.29 is 18.8 Å². The van der Waals surface area contributed by atoms with Crippen molar-refractivity contribution in [1.29, 1.82) is 0 Å². The average molecular weight is 318 g/mol. The van der Waals surface area contributed by atoms with Gasteiger partial charge in [0.1, 0.15) is 5.82 Å². The number of amides is 1. The van der Waals surface area contributed by atoms with Gasteiger partial charge in [-0.15, -0.1) is 0 Å². The van der Waals surface area contributed by atoms with Gasteiger partial charge in [-0.25, -0.2) is 4.39 Å². The number of aliphatic hydroxyl groups is 1. The highest BCUT2D eigenvalue weighted by Gasteiger charge is 2.33. The molecule has 0 unspecified atom stereocenters. The van der Waals surface area contributed by atoms with Gasteiger partial charge in [-0.1, -0.05) is 18.0 Å². The maximum Gasteiger partial charge on any atom is 0.273 e. The summed E-state index contributed by atoms with van der Waals surface area (Å²) >= 11 is 0. The molecule has 2 aromatic rings. The van der Waals surface area contributed by atoms with Crippen molar-refractivity contribution in [3.05, 3.63) is 41.8 Å². The van der Waals surface area contributed by atoms with E-state index >= 15 is 0 Å². The number of hydrogen-bond donors (Lipinski definition) is 2. The second-order valence-corrected chi connectivity index (χ2v) is 6.13. The van der Waals surface area contributed by atoms with Crippen LogP contribution in [0.5, 0.6) is 0 Å². The second kappa shape index (κ2) is 6.50. The SMILES string of the molecule is O=C(NCC1(CO)CCCC1)c1cc(-c2ccc(F)cc2)on1. The van der Waals surface area contributed by atoms with E-state index in [1.807, 2.05) is 0 Å². The van der Waals surface area contributed by atoms with E-state index in [1.165, 1.54) is 18.2 Å². The van der Waals surface area contributed by atoms with Gasteiger partial charge in [0.2, 0.25) is 0 Å². The fourth-order valence-corrected chi connectivity index (χ4v) is 3.01. The summed E-state index contributed by atoms with van der Waals surface area (Å²) in [5.74, 6) is -0.258. The minimum atomic E-state index is -0.336. The van der Waals surface area contributed by atoms with Crippen LogP contribution in [0.15, 0.2) is 34.9 Å². The Bertz CT molecular complexity index is 675. The molecule has 0 radical (unpaired) electrons. The maximum absolute atomic E-state index is 12.9. The maximum atomic E-state index is 12.9. The van der Waals surface area contributed by atoms with E-state index in [9.17, 15) is 14.3 Å². The molecule has 6 heteroatoms. The smallest absolute Gasteiger partial charge is 0.273 e. The summed E-state index contributed by atoms with van der Waals surface area (Å²) in [6.07, 6.45) is 4.00. The Morgan fingerprint density at radius 3 is 2.65 bits per heavy atom. The van der Waals surface area contributed by atoms with E-state index in [0.717, 1.165) is 25.7 Å². The third-order valence-electron chi connectivity index (χ3n) is 4.50. The molecule has 0 aliphatic heterocycles. The van der Waals surface area contributed by atoms with Crippen molar-refractivity contribution in [3.8, 4) is 11.3 Å². The first kappa shape index (κ1) is 15.7. The number of hydrogen-bond acceptors (Lipinski definition) is 4. The molecule has 5 nitrogen and oxygen atoms in total. The summed E-state index contributed by atoms with van der Waals surface area (Å²) < 4.78 is 18.1. The van der Waals surface area contributed by atoms with Gasteiger partial charge < -0.3 is 14.9 Å². The van der Waals surface area contributed by atoms with Crippen LogP contribution in [0.4, 0.5) is 4.39 Å². The molecule has 1 aromatic carbocycles. The summed E-state index contributed by atoms with van der Waals surface area (Å²) in [6, 6.07) is 7.31. The normalized spacial score (nSPS) is 16.4. The van der Waals surface area contributed by atoms with Crippen LogP contribution in [0.2, 0.25) is 0 Å². The molecule has 1 aliphatic rings. The zero-order valence-electron chi connectivity index (χ0n) is 12.7. The van der Waals surface area contributed by atoms with Gasteiger partial charge in [-0.05, 0) is 37.1 Å². The number of nitrogens with zero attached hydrogens (tertiary/aromatic N) is 1. The molecule has 1 fully saturated rings. The zero-order chi connectivity index (χ0) is 16.3. The predicted octanol–water partition coefficient (Wildman–Crippen LogP) is 2.76. The number of benzene rings is 1. The van der Waals surface area contributed by atoms with E-state index in [0.29, 0.717) is 17.9 Å². The van der Waals surface area contributed by atoms with Crippen molar-refractivity contribution in [3.63, 3.8) is 0 Å². The number of rotatable bonds is 5. The molecular weight excluding hydrogens is 299 g/mol. The van der Waals surface area contributed by atoms with Crippen LogP contribution in [0, 0.1) is 11.2 Å². The molecule has 1 aliphatic carbocycles. The summed E-state index contributed by atoms with van der Waals surface area (Å²) in [4.78, 5) is 12.2. The number of carbonyl (C=O) groups excluding carboxylic acids is 1. The number of carbonyl (C=O) groups is 1. The third-order valence-corrected chi connectivity index (χ3v) is 4.50. The summed E-state index contributed by atoms with van der Waals surface area (Å²) in [7, 11) is 0. The van der Waals surface area contributed by atoms with E-state index < -0.39 is 0 Å². The van der Waals surface area contributed by atoms with Crippen molar-refractivity contribution in [2.75, 3.05) is 13.2 Å². The van der Waals surface area contributed by atoms with Crippen molar-refractivity contribution >= 4 is 5.91 Å². The minimum Gasteiger partial charge on any atom is -0.396 e. The Kier molecular flexibility index (Phi) is 4.43. The molecule has 23 heavy (non-hydrogen) atoms. The van der Waals surface area contributed by atoms with Crippen LogP contribution < -0.4 is 5.32 Å². The van der Waals surface area contributed by atoms with Gasteiger partial charge in [0.05, 0.1) is 6.61 Å². The van der Waals surface area contributed by atoms with E-state index in [2.05, 4.69) is 10.5 Å². The topological polar surface area (TPSA) is 75.4 Å². The Morgan fingerprint density at radius 2 is 2.00 bits per heavy atom. The zero-order valence-corrected chi connectivity index (χ0v) is 12.7. The molecule has 122 valence electrons. The number of nitrogens with one attached hydrogen (secondary N) is 1. The number of halogens is 1. The van der Waals surface area contributed by atoms with E-state index in [4.69, 9.17) is 4.52 Å². The number of aromatic nitrogens is 1. The van der Waals surface area contributed by atoms with Gasteiger partial charge >= 0.3 is 0 Å². The van der Waals surface area contributed by atoms with Crippen LogP contribution >= 0.6 is 0 Å². The molecule has 0 atom stereocenters. The molecular formula is C17H19FN2O3. The van der Waals surface area contributed by atoms with Gasteiger partial charge in [-0.2, -0.15) is 0 Å². The summed E-state index contributed by atoms with van der Waals surface area (Å²) in [6.45, 7) is 0.508. The monoisotopic (exact) mass is 318 g/mol. The summed E-state index contributed by atoms with van der Waals surface area (Å²) in [5.41, 5.74) is 0.620. The Morgan fingerprint density at radius 1 is 1.30 bits per heavy atom. The Balaban J connectivity index is 1.65. The van der Waals surface area contributed by atoms with Crippen LogP contribution in [0.25, 0.3) is 11.3 Å². The lowest BCUT2D eigenvalue weighted by Crippen LogP contribution is -2.38. The highest BCUT2D eigenvalue weighted by Crippen LogP contribution is 2.36. The molecule has 0 saturated heterocycles. The van der Waals surface area contributed by atoms with Crippen LogP contribution in [-0.2, 0) is 0 Å². The molecule has 0 bridgehead atoms. The molecule has 1 heterocycles. The van der Waals surface area contributed by atoms with Crippen LogP contribution in [-0.4, -0.2) is 29.3 Å². The first-order valence-electron chi connectivity index (χ1n) is 7.74. The molecule has 1 aromatic heterocycles. The lowest BCUT2D eigenvalue weighted by atomic mass is 9.87. The van der Waals surface area contributed by atoms with Gasteiger partial charge in [0, 0.05) is 23.6 Å². The molecule has 3 rings (SSSR count). The van der Waals surface area contributed by atoms with E-state index in [1.54, 1.807) is 12.1 Å². The highest BCUT2D eigenvalue weighted by atomic mass is 19.1. The van der Waals surface area contributed by atoms with Gasteiger partial charge in [0.15, 0.2) is 11.5 Å². The largest absolute Gasteiger partial charge is 0.396 e. The van der Waals surface area contributed by atoms with Crippen LogP contribution in [0.1, 0.15) is 36.2 Å². The quantitative estimate of drug-likeness (QED) is 0.889. The Labute approximate surface area is 133 Å². The second-order valence-electron chi connectivity index (χ2n) is 6.13. The standard InChI is InChI=1S/C17H19FN2O3/c18-13-5-3-12(4-6-13)15-9-14(20-23-15)16(22)19-10-17(11-21)7-1-2-8-17/h3-6,9,21H,1-2,7-8,10-11H2,(H,19,22). The third kappa shape index (κ3) is 3.42. The lowest BCUT2D eigenvalue weighted by Gasteiger charge is -2.26. The number of aliphatic hydroxyl groups excluding tert-OH is 1. The fraction of sp³-hybridized carbons (Fsp3) is 0.412. The van der Waals surface area contributed by atoms with Gasteiger partial charge in [-0.3, -0.25) is 4.79 Å². The first-order chi connectivity index (χ1) is 11.1. The molecule has 1 saturated carbocycles. The van der Waals surface area contributed by atoms with E-state index in [-0.39, 0.29) is 29.4 Å². The predicted molar refractivity (Wildman–Crippen MR) is 82.2 cm³/mol. The first-order valence-corrected chi connectivity index (χ1v) is 7.74. The lowest BCUT2D eigenvalue weighted by molar-refractivity contribution is 0.0872. The highest BCUT2D eigenvalue weighted by molar-refractivity contribution is 5.93. The molecule has 0 spiro atoms. The fourth-order valence-electron chi connectivity index (χ4n) is 3.01. The van der Waals surface area contributed by atoms with Crippen LogP contribution in [0.3, 0.4) is 0 Å². The van der Waals surface area contributed by atoms with Crippen molar-refractivity contribution in [1.82, 2.24) is 10.5 Å². The van der Waals surface area contributed by atoms with Crippen molar-refractivity contribution in [2.45, 2.75) is 25.7 Å². The Hall–Kier alpha value is -2.21. The molecule has 1 amide bonds. The van der Waals surface area contributed by atoms with Gasteiger partial charge in [0.25, 0.3) is 5.91 Å². The molecule has 2 N–H and O–H groups in total. The minimum absolute atomic E-state index is 0.0763. The van der Waals surface area contributed by atoms with Crippen molar-refractivity contribution in [2.24, 2.45) is 5.41 Å².